The molecule has 1 amide bonds. The zero-order valence-corrected chi connectivity index (χ0v) is 19.4. The second kappa shape index (κ2) is 9.20. The van der Waals surface area contributed by atoms with Gasteiger partial charge in [-0.15, -0.1) is 0 Å². The molecule has 0 atom stereocenters. The van der Waals surface area contributed by atoms with Crippen LogP contribution in [-0.4, -0.2) is 26.3 Å². The third kappa shape index (κ3) is 4.57. The van der Waals surface area contributed by atoms with Crippen molar-refractivity contribution in [1.82, 2.24) is 9.55 Å². The molecule has 0 spiro atoms. The molecule has 0 fully saturated rings. The maximum absolute atomic E-state index is 12.9. The van der Waals surface area contributed by atoms with Gasteiger partial charge in [-0.05, 0) is 38.1 Å². The molecule has 2 aromatic rings. The standard InChI is InChI=1S/C21H17Cl3N4O4/c1-10(5-7-14-18(29)25-21(32)27(3)19(14)30)4-6-13-11(2)26-28(20(13)31)17-15(23)8-12(22)9-16(17)24/h4-9,30H,1-3H3,(H,25,29,32)/b7-5?,10-4?,13-6-. The molecule has 0 unspecified atom stereocenters. The van der Waals surface area contributed by atoms with Crippen LogP contribution in [0.3, 0.4) is 0 Å². The molecule has 0 bridgehead atoms. The number of hydrazone groups is 1. The van der Waals surface area contributed by atoms with Crippen LogP contribution in [0.25, 0.3) is 6.08 Å². The van der Waals surface area contributed by atoms with Crippen molar-refractivity contribution in [1.29, 1.82) is 0 Å². The van der Waals surface area contributed by atoms with E-state index in [0.717, 1.165) is 9.58 Å². The van der Waals surface area contributed by atoms with E-state index in [1.54, 1.807) is 32.1 Å². The number of halogens is 3. The Balaban J connectivity index is 1.89. The summed E-state index contributed by atoms with van der Waals surface area (Å²) in [5.74, 6) is -0.878. The van der Waals surface area contributed by atoms with Crippen LogP contribution in [0.5, 0.6) is 5.88 Å². The van der Waals surface area contributed by atoms with Crippen LogP contribution in [0.2, 0.25) is 15.1 Å². The largest absolute Gasteiger partial charge is 0.494 e. The lowest BCUT2D eigenvalue weighted by molar-refractivity contribution is -0.114. The van der Waals surface area contributed by atoms with Crippen molar-refractivity contribution >= 4 is 58.2 Å². The fourth-order valence-corrected chi connectivity index (χ4v) is 3.84. The third-order valence-electron chi connectivity index (χ3n) is 4.61. The summed E-state index contributed by atoms with van der Waals surface area (Å²) in [6.07, 6.45) is 6.14. The molecular formula is C21H17Cl3N4O4. The fraction of sp³-hybridized carbons (Fsp3) is 0.143. The zero-order valence-electron chi connectivity index (χ0n) is 17.1. The van der Waals surface area contributed by atoms with Crippen molar-refractivity contribution in [3.05, 3.63) is 83.0 Å². The number of rotatable bonds is 4. The highest BCUT2D eigenvalue weighted by Crippen LogP contribution is 2.39. The van der Waals surface area contributed by atoms with Gasteiger partial charge < -0.3 is 5.11 Å². The Morgan fingerprint density at radius 2 is 1.78 bits per heavy atom. The van der Waals surface area contributed by atoms with Gasteiger partial charge in [0.25, 0.3) is 11.5 Å². The summed E-state index contributed by atoms with van der Waals surface area (Å²) < 4.78 is 0.917. The van der Waals surface area contributed by atoms with E-state index in [9.17, 15) is 19.5 Å². The number of nitrogens with zero attached hydrogens (tertiary/aromatic N) is 3. The molecule has 8 nitrogen and oxygen atoms in total. The second-order valence-electron chi connectivity index (χ2n) is 6.90. The first-order valence-corrected chi connectivity index (χ1v) is 10.3. The molecule has 1 aliphatic heterocycles. The molecule has 0 radical (unpaired) electrons. The first kappa shape index (κ1) is 23.6. The lowest BCUT2D eigenvalue weighted by atomic mass is 10.1. The number of allylic oxidation sites excluding steroid dienone is 4. The minimum atomic E-state index is -0.721. The minimum absolute atomic E-state index is 0.0691. The van der Waals surface area contributed by atoms with Gasteiger partial charge in [-0.25, -0.2) is 4.79 Å². The average Bonchev–Trinajstić information content (AvgIpc) is 2.97. The van der Waals surface area contributed by atoms with Crippen LogP contribution in [0, 0.1) is 0 Å². The molecule has 11 heteroatoms. The molecule has 2 N–H and O–H groups in total. The van der Waals surface area contributed by atoms with E-state index in [2.05, 4.69) is 10.1 Å². The molecule has 0 saturated carbocycles. The first-order chi connectivity index (χ1) is 15.0. The van der Waals surface area contributed by atoms with Crippen molar-refractivity contribution in [3.8, 4) is 5.88 Å². The summed E-state index contributed by atoms with van der Waals surface area (Å²) in [5.41, 5.74) is 0.165. The van der Waals surface area contributed by atoms with E-state index in [0.29, 0.717) is 21.9 Å². The number of amides is 1. The van der Waals surface area contributed by atoms with Gasteiger partial charge in [-0.3, -0.25) is 19.1 Å². The summed E-state index contributed by atoms with van der Waals surface area (Å²) in [4.78, 5) is 38.4. The summed E-state index contributed by atoms with van der Waals surface area (Å²) in [7, 11) is 1.33. The topological polar surface area (TPSA) is 108 Å². The molecule has 166 valence electrons. The Bertz CT molecular complexity index is 1340. The van der Waals surface area contributed by atoms with Crippen LogP contribution < -0.4 is 16.3 Å². The monoisotopic (exact) mass is 494 g/mol. The van der Waals surface area contributed by atoms with E-state index in [4.69, 9.17) is 34.8 Å². The van der Waals surface area contributed by atoms with Crippen LogP contribution in [0.1, 0.15) is 19.4 Å². The second-order valence-corrected chi connectivity index (χ2v) is 8.15. The Morgan fingerprint density at radius 3 is 2.41 bits per heavy atom. The van der Waals surface area contributed by atoms with Crippen molar-refractivity contribution < 1.29 is 9.90 Å². The average molecular weight is 496 g/mol. The van der Waals surface area contributed by atoms with Crippen LogP contribution in [-0.2, 0) is 11.8 Å². The molecule has 1 aliphatic rings. The van der Waals surface area contributed by atoms with Gasteiger partial charge in [0.2, 0.25) is 5.88 Å². The molecule has 1 aromatic carbocycles. The molecular weight excluding hydrogens is 479 g/mol. The van der Waals surface area contributed by atoms with Crippen LogP contribution >= 0.6 is 34.8 Å². The number of benzene rings is 1. The number of hydrogen-bond donors (Lipinski definition) is 2. The molecule has 1 aromatic heterocycles. The Hall–Kier alpha value is -3.07. The smallest absolute Gasteiger partial charge is 0.330 e. The molecule has 32 heavy (non-hydrogen) atoms. The number of H-pyrrole nitrogens is 1. The van der Waals surface area contributed by atoms with E-state index >= 15 is 0 Å². The summed E-state index contributed by atoms with van der Waals surface area (Å²) in [6.45, 7) is 3.40. The lowest BCUT2D eigenvalue weighted by Gasteiger charge is -2.15. The quantitative estimate of drug-likeness (QED) is 0.493. The van der Waals surface area contributed by atoms with Gasteiger partial charge in [-0.2, -0.15) is 10.1 Å². The predicted octanol–water partition coefficient (Wildman–Crippen LogP) is 4.05. The molecule has 2 heterocycles. The number of aromatic nitrogens is 2. The minimum Gasteiger partial charge on any atom is -0.494 e. The number of nitrogens with one attached hydrogen (secondary N) is 1. The van der Waals surface area contributed by atoms with E-state index in [-0.39, 0.29) is 21.3 Å². The van der Waals surface area contributed by atoms with Gasteiger partial charge >= 0.3 is 5.69 Å². The highest BCUT2D eigenvalue weighted by Gasteiger charge is 2.31. The summed E-state index contributed by atoms with van der Waals surface area (Å²) in [6, 6.07) is 2.94. The fourth-order valence-electron chi connectivity index (χ4n) is 2.86. The van der Waals surface area contributed by atoms with E-state index in [1.807, 2.05) is 0 Å². The van der Waals surface area contributed by atoms with Crippen molar-refractivity contribution in [2.24, 2.45) is 12.1 Å². The normalized spacial score (nSPS) is 15.9. The van der Waals surface area contributed by atoms with Gasteiger partial charge in [-0.1, -0.05) is 52.5 Å². The van der Waals surface area contributed by atoms with Crippen LogP contribution in [0.15, 0.2) is 56.2 Å². The first-order valence-electron chi connectivity index (χ1n) is 9.14. The molecule has 0 aliphatic carbocycles. The van der Waals surface area contributed by atoms with Gasteiger partial charge in [0.05, 0.1) is 21.3 Å². The maximum atomic E-state index is 12.9. The summed E-state index contributed by atoms with van der Waals surface area (Å²) in [5, 5.41) is 16.1. The van der Waals surface area contributed by atoms with Crippen molar-refractivity contribution in [3.63, 3.8) is 0 Å². The SMILES string of the molecule is CC(C=Cc1c(O)n(C)c(=O)[nH]c1=O)=C/C=C1\C(=O)N(c2c(Cl)cc(Cl)cc2Cl)N=C1C. The zero-order chi connectivity index (χ0) is 23.7. The molecule has 3 rings (SSSR count). The molecule has 0 saturated heterocycles. The maximum Gasteiger partial charge on any atom is 0.330 e. The number of carbonyl (C=O) groups is 1. The third-order valence-corrected chi connectivity index (χ3v) is 5.40. The van der Waals surface area contributed by atoms with Gasteiger partial charge in [0.1, 0.15) is 11.3 Å². The Morgan fingerprint density at radius 1 is 1.16 bits per heavy atom. The van der Waals surface area contributed by atoms with Crippen molar-refractivity contribution in [2.45, 2.75) is 13.8 Å². The Labute approximate surface area is 197 Å². The highest BCUT2D eigenvalue weighted by molar-refractivity contribution is 6.43. The van der Waals surface area contributed by atoms with E-state index in [1.165, 1.54) is 25.3 Å². The van der Waals surface area contributed by atoms with Gasteiger partial charge in [0.15, 0.2) is 0 Å². The van der Waals surface area contributed by atoms with Crippen LogP contribution in [0.4, 0.5) is 5.69 Å². The lowest BCUT2D eigenvalue weighted by Crippen LogP contribution is -2.29. The van der Waals surface area contributed by atoms with Crippen molar-refractivity contribution in [2.75, 3.05) is 5.01 Å². The number of anilines is 1. The number of hydrogen-bond acceptors (Lipinski definition) is 5. The Kier molecular flexibility index (Phi) is 6.78. The number of aromatic hydroxyl groups is 1. The van der Waals surface area contributed by atoms with Gasteiger partial charge in [0, 0.05) is 12.1 Å². The highest BCUT2D eigenvalue weighted by atomic mass is 35.5. The number of aromatic amines is 1. The number of carbonyl (C=O) groups excluding carboxylic acids is 1. The van der Waals surface area contributed by atoms with E-state index < -0.39 is 23.0 Å². The summed E-state index contributed by atoms with van der Waals surface area (Å²) >= 11 is 18.3. The predicted molar refractivity (Wildman–Crippen MR) is 127 cm³/mol.